The molecule has 1 aliphatic heterocycles. The lowest BCUT2D eigenvalue weighted by atomic mass is 10.1. The molecule has 1 heterocycles. The first-order valence-electron chi connectivity index (χ1n) is 3.71. The molecule has 0 saturated heterocycles. The lowest BCUT2D eigenvalue weighted by Crippen LogP contribution is -2.31. The normalized spacial score (nSPS) is 22.0. The van der Waals surface area contributed by atoms with Gasteiger partial charge in [0.25, 0.3) is 0 Å². The summed E-state index contributed by atoms with van der Waals surface area (Å²) in [6.07, 6.45) is 0.929. The topological polar surface area (TPSA) is 35.1 Å². The number of hydrogen-bond acceptors (Lipinski definition) is 2. The Morgan fingerprint density at radius 3 is 3.17 bits per heavy atom. The van der Waals surface area contributed by atoms with E-state index in [0.717, 1.165) is 23.4 Å². The first-order valence-corrected chi connectivity index (χ1v) is 5.24. The van der Waals surface area contributed by atoms with E-state index in [2.05, 4.69) is 4.72 Å². The molecule has 0 radical (unpaired) electrons. The molecule has 4 heteroatoms. The third-order valence-electron chi connectivity index (χ3n) is 1.86. The maximum Gasteiger partial charge on any atom is 0.178 e. The maximum atomic E-state index is 11.4. The van der Waals surface area contributed by atoms with E-state index in [1.54, 1.807) is 6.07 Å². The van der Waals surface area contributed by atoms with Crippen molar-refractivity contribution >= 4 is 23.0 Å². The highest BCUT2D eigenvalue weighted by molar-refractivity contribution is 7.89. The molecule has 12 heavy (non-hydrogen) atoms. The summed E-state index contributed by atoms with van der Waals surface area (Å²) in [6, 6.07) is 5.54. The second-order valence-corrected chi connectivity index (χ2v) is 4.37. The van der Waals surface area contributed by atoms with Gasteiger partial charge in [-0.15, -0.1) is 4.72 Å². The van der Waals surface area contributed by atoms with Crippen molar-refractivity contribution in [3.05, 3.63) is 28.8 Å². The van der Waals surface area contributed by atoms with E-state index in [0.29, 0.717) is 5.02 Å². The molecule has 1 N–H and O–H groups in total. The quantitative estimate of drug-likeness (QED) is 0.646. The molecule has 1 aromatic rings. The van der Waals surface area contributed by atoms with Crippen LogP contribution in [0.2, 0.25) is 5.02 Å². The van der Waals surface area contributed by atoms with E-state index in [-0.39, 0.29) is 0 Å². The second kappa shape index (κ2) is 3.26. The van der Waals surface area contributed by atoms with Crippen LogP contribution >= 0.6 is 11.6 Å². The van der Waals surface area contributed by atoms with Crippen LogP contribution in [0.25, 0.3) is 0 Å². The molecule has 1 aliphatic rings. The van der Waals surface area contributed by atoms with Crippen molar-refractivity contribution in [2.24, 2.45) is 0 Å². The van der Waals surface area contributed by atoms with Crippen molar-refractivity contribution in [1.29, 1.82) is 0 Å². The monoisotopic (exact) mass is 201 g/mol. The predicted octanol–water partition coefficient (Wildman–Crippen LogP) is 1.51. The number of rotatable bonds is 0. The molecule has 0 aliphatic carbocycles. The molecule has 2 nitrogen and oxygen atoms in total. The minimum Gasteiger partial charge on any atom is -0.593 e. The SMILES string of the molecule is [O-][S+]1NCCc2ccc(Cl)cc21. The Balaban J connectivity index is 2.47. The van der Waals surface area contributed by atoms with Crippen molar-refractivity contribution < 1.29 is 4.55 Å². The van der Waals surface area contributed by atoms with Crippen molar-refractivity contribution in [2.45, 2.75) is 11.3 Å². The van der Waals surface area contributed by atoms with Gasteiger partial charge in [0.1, 0.15) is 0 Å². The summed E-state index contributed by atoms with van der Waals surface area (Å²) in [5, 5.41) is 0.644. The Morgan fingerprint density at radius 1 is 1.50 bits per heavy atom. The third kappa shape index (κ3) is 1.45. The van der Waals surface area contributed by atoms with Crippen LogP contribution < -0.4 is 4.72 Å². The Bertz CT molecular complexity index is 305. The smallest absolute Gasteiger partial charge is 0.178 e. The number of halogens is 1. The van der Waals surface area contributed by atoms with Crippen LogP contribution in [0.5, 0.6) is 0 Å². The fourth-order valence-corrected chi connectivity index (χ4v) is 2.59. The first-order chi connectivity index (χ1) is 5.77. The van der Waals surface area contributed by atoms with Crippen LogP contribution in [0.1, 0.15) is 5.56 Å². The van der Waals surface area contributed by atoms with E-state index in [1.807, 2.05) is 12.1 Å². The van der Waals surface area contributed by atoms with Gasteiger partial charge < -0.3 is 4.55 Å². The minimum atomic E-state index is -1.06. The molecule has 0 bridgehead atoms. The number of fused-ring (bicyclic) bond motifs is 1. The van der Waals surface area contributed by atoms with E-state index < -0.39 is 11.4 Å². The van der Waals surface area contributed by atoms with Gasteiger partial charge in [0.15, 0.2) is 4.90 Å². The average Bonchev–Trinajstić information content (AvgIpc) is 2.07. The van der Waals surface area contributed by atoms with Gasteiger partial charge >= 0.3 is 0 Å². The molecule has 2 rings (SSSR count). The largest absolute Gasteiger partial charge is 0.593 e. The van der Waals surface area contributed by atoms with E-state index in [1.165, 1.54) is 0 Å². The Kier molecular flexibility index (Phi) is 2.28. The molecule has 0 saturated carbocycles. The maximum absolute atomic E-state index is 11.4. The molecule has 0 fully saturated rings. The third-order valence-corrected chi connectivity index (χ3v) is 3.34. The second-order valence-electron chi connectivity index (χ2n) is 2.67. The van der Waals surface area contributed by atoms with E-state index in [4.69, 9.17) is 11.6 Å². The van der Waals surface area contributed by atoms with Crippen molar-refractivity contribution in [3.8, 4) is 0 Å². The molecule has 0 aromatic heterocycles. The summed E-state index contributed by atoms with van der Waals surface area (Å²) in [5.41, 5.74) is 1.14. The molecule has 1 aromatic carbocycles. The Hall–Kier alpha value is -0.220. The standard InChI is InChI=1S/C8H8ClNOS/c9-7-2-1-6-3-4-10-12(11)8(6)5-7/h1-2,5,10H,3-4H2. The zero-order chi connectivity index (χ0) is 8.55. The van der Waals surface area contributed by atoms with E-state index >= 15 is 0 Å². The van der Waals surface area contributed by atoms with Gasteiger partial charge in [-0.2, -0.15) is 0 Å². The lowest BCUT2D eigenvalue weighted by molar-refractivity contribution is 0.572. The summed E-state index contributed by atoms with van der Waals surface area (Å²) < 4.78 is 14.3. The van der Waals surface area contributed by atoms with Crippen LogP contribution in [-0.2, 0) is 17.8 Å². The zero-order valence-corrected chi connectivity index (χ0v) is 7.91. The van der Waals surface area contributed by atoms with Crippen molar-refractivity contribution in [1.82, 2.24) is 4.72 Å². The molecule has 1 atom stereocenters. The lowest BCUT2D eigenvalue weighted by Gasteiger charge is -2.18. The van der Waals surface area contributed by atoms with Crippen LogP contribution in [0.3, 0.4) is 0 Å². The van der Waals surface area contributed by atoms with Crippen LogP contribution in [0.15, 0.2) is 23.1 Å². The number of hydrogen-bond donors (Lipinski definition) is 1. The number of nitrogens with one attached hydrogen (secondary N) is 1. The Labute approximate surface area is 79.2 Å². The molecule has 0 spiro atoms. The molecule has 0 amide bonds. The highest BCUT2D eigenvalue weighted by Gasteiger charge is 2.21. The average molecular weight is 202 g/mol. The summed E-state index contributed by atoms with van der Waals surface area (Å²) >= 11 is 4.72. The first kappa shape index (κ1) is 8.38. The fourth-order valence-electron chi connectivity index (χ4n) is 1.26. The minimum absolute atomic E-state index is 0.644. The van der Waals surface area contributed by atoms with Gasteiger partial charge in [0.05, 0.1) is 11.4 Å². The summed E-state index contributed by atoms with van der Waals surface area (Å²) in [4.78, 5) is 0.828. The zero-order valence-electron chi connectivity index (χ0n) is 6.34. The van der Waals surface area contributed by atoms with Gasteiger partial charge in [-0.1, -0.05) is 17.7 Å². The van der Waals surface area contributed by atoms with E-state index in [9.17, 15) is 4.55 Å². The highest BCUT2D eigenvalue weighted by atomic mass is 35.5. The molecule has 64 valence electrons. The van der Waals surface area contributed by atoms with Gasteiger partial charge in [0, 0.05) is 23.2 Å². The van der Waals surface area contributed by atoms with Crippen LogP contribution in [-0.4, -0.2) is 11.1 Å². The molecular weight excluding hydrogens is 194 g/mol. The number of benzene rings is 1. The summed E-state index contributed by atoms with van der Waals surface area (Å²) in [5.74, 6) is 0. The molecular formula is C8H8ClNOS. The van der Waals surface area contributed by atoms with Gasteiger partial charge in [0.2, 0.25) is 0 Å². The summed E-state index contributed by atoms with van der Waals surface area (Å²) in [7, 11) is 0. The van der Waals surface area contributed by atoms with Crippen molar-refractivity contribution in [3.63, 3.8) is 0 Å². The molecule has 1 unspecified atom stereocenters. The van der Waals surface area contributed by atoms with Gasteiger partial charge in [-0.25, -0.2) is 0 Å². The van der Waals surface area contributed by atoms with Crippen LogP contribution in [0, 0.1) is 0 Å². The van der Waals surface area contributed by atoms with Crippen molar-refractivity contribution in [2.75, 3.05) is 6.54 Å². The van der Waals surface area contributed by atoms with Gasteiger partial charge in [-0.05, 0) is 12.5 Å². The van der Waals surface area contributed by atoms with Gasteiger partial charge in [-0.3, -0.25) is 0 Å². The predicted molar refractivity (Wildman–Crippen MR) is 49.6 cm³/mol. The Morgan fingerprint density at radius 2 is 2.33 bits per heavy atom. The highest BCUT2D eigenvalue weighted by Crippen LogP contribution is 2.23. The van der Waals surface area contributed by atoms with Crippen LogP contribution in [0.4, 0.5) is 0 Å². The fraction of sp³-hybridized carbons (Fsp3) is 0.250. The summed E-state index contributed by atoms with van der Waals surface area (Å²) in [6.45, 7) is 0.779.